The van der Waals surface area contributed by atoms with Crippen molar-refractivity contribution >= 4 is 11.7 Å². The fourth-order valence-corrected chi connectivity index (χ4v) is 1.83. The van der Waals surface area contributed by atoms with Gasteiger partial charge in [0.05, 0.1) is 0 Å². The smallest absolute Gasteiger partial charge is 0.254 e. The van der Waals surface area contributed by atoms with Crippen molar-refractivity contribution in [3.63, 3.8) is 0 Å². The molecule has 1 aliphatic rings. The first-order valence-corrected chi connectivity index (χ1v) is 5.67. The van der Waals surface area contributed by atoms with E-state index in [2.05, 4.69) is 15.5 Å². The fraction of sp³-hybridized carbons (Fsp3) is 0.636. The number of rotatable bonds is 3. The predicted octanol–water partition coefficient (Wildman–Crippen LogP) is 1.34. The number of ether oxygens (including phenoxy) is 1. The van der Waals surface area contributed by atoms with Crippen LogP contribution in [-0.4, -0.2) is 28.8 Å². The summed E-state index contributed by atoms with van der Waals surface area (Å²) in [6, 6.07) is 1.84. The summed E-state index contributed by atoms with van der Waals surface area (Å²) in [6.07, 6.45) is 1.49. The van der Waals surface area contributed by atoms with Gasteiger partial charge in [0.2, 0.25) is 0 Å². The van der Waals surface area contributed by atoms with Crippen molar-refractivity contribution in [1.29, 1.82) is 0 Å². The van der Waals surface area contributed by atoms with Crippen LogP contribution in [0, 0.1) is 5.92 Å². The minimum atomic E-state index is -0.332. The number of aromatic amines is 1. The molecular formula is C11H17N3O2. The van der Waals surface area contributed by atoms with E-state index in [0.29, 0.717) is 12.4 Å². The maximum absolute atomic E-state index is 11.8. The van der Waals surface area contributed by atoms with Crippen molar-refractivity contribution in [3.8, 4) is 0 Å². The van der Waals surface area contributed by atoms with E-state index in [1.165, 1.54) is 0 Å². The molecule has 1 aliphatic heterocycles. The molecule has 2 N–H and O–H groups in total. The highest BCUT2D eigenvalue weighted by Gasteiger charge is 2.31. The summed E-state index contributed by atoms with van der Waals surface area (Å²) in [4.78, 5) is 11.8. The average molecular weight is 223 g/mol. The number of H-pyrrole nitrogens is 1. The summed E-state index contributed by atoms with van der Waals surface area (Å²) < 4.78 is 5.38. The molecule has 0 bridgehead atoms. The molecule has 16 heavy (non-hydrogen) atoms. The zero-order valence-corrected chi connectivity index (χ0v) is 9.62. The van der Waals surface area contributed by atoms with Crippen LogP contribution < -0.4 is 5.32 Å². The molecular weight excluding hydrogens is 206 g/mol. The molecule has 5 nitrogen and oxygen atoms in total. The number of aromatic nitrogens is 2. The summed E-state index contributed by atoms with van der Waals surface area (Å²) in [5.74, 6) is 0.758. The molecule has 5 heteroatoms. The maximum atomic E-state index is 11.8. The number of hydrogen-bond donors (Lipinski definition) is 2. The zero-order chi connectivity index (χ0) is 11.5. The SMILES string of the molecule is CCc1cc(NC(=O)C2OCCC2C)n[nH]1. The van der Waals surface area contributed by atoms with Crippen LogP contribution >= 0.6 is 0 Å². The van der Waals surface area contributed by atoms with Gasteiger partial charge in [-0.25, -0.2) is 0 Å². The van der Waals surface area contributed by atoms with Gasteiger partial charge in [-0.05, 0) is 18.8 Å². The van der Waals surface area contributed by atoms with Gasteiger partial charge in [-0.15, -0.1) is 0 Å². The third kappa shape index (κ3) is 2.24. The van der Waals surface area contributed by atoms with E-state index in [0.717, 1.165) is 18.5 Å². The number of hydrogen-bond acceptors (Lipinski definition) is 3. The largest absolute Gasteiger partial charge is 0.368 e. The summed E-state index contributed by atoms with van der Waals surface area (Å²) in [6.45, 7) is 4.72. The second-order valence-corrected chi connectivity index (χ2v) is 4.18. The van der Waals surface area contributed by atoms with Gasteiger partial charge in [0.15, 0.2) is 5.82 Å². The number of amides is 1. The lowest BCUT2D eigenvalue weighted by Gasteiger charge is -2.12. The average Bonchev–Trinajstić information content (AvgIpc) is 2.86. The zero-order valence-electron chi connectivity index (χ0n) is 9.62. The number of carbonyl (C=O) groups is 1. The fourth-order valence-electron chi connectivity index (χ4n) is 1.83. The van der Waals surface area contributed by atoms with Gasteiger partial charge in [-0.1, -0.05) is 13.8 Å². The van der Waals surface area contributed by atoms with Crippen LogP contribution in [0.25, 0.3) is 0 Å². The van der Waals surface area contributed by atoms with Crippen LogP contribution in [0.5, 0.6) is 0 Å². The van der Waals surface area contributed by atoms with Crippen LogP contribution in [0.15, 0.2) is 6.07 Å². The Morgan fingerprint density at radius 2 is 2.56 bits per heavy atom. The standard InChI is InChI=1S/C11H17N3O2/c1-3-8-6-9(14-13-8)12-11(15)10-7(2)4-5-16-10/h6-7,10H,3-5H2,1-2H3,(H2,12,13,14,15). The predicted molar refractivity (Wildman–Crippen MR) is 60.1 cm³/mol. The molecule has 1 amide bonds. The van der Waals surface area contributed by atoms with E-state index in [1.807, 2.05) is 19.9 Å². The molecule has 1 aromatic rings. The second kappa shape index (κ2) is 4.65. The first-order valence-electron chi connectivity index (χ1n) is 5.67. The molecule has 2 rings (SSSR count). The third-order valence-corrected chi connectivity index (χ3v) is 2.91. The summed E-state index contributed by atoms with van der Waals surface area (Å²) >= 11 is 0. The van der Waals surface area contributed by atoms with Gasteiger partial charge in [-0.3, -0.25) is 9.89 Å². The Bertz CT molecular complexity index is 375. The molecule has 0 saturated carbocycles. The van der Waals surface area contributed by atoms with Crippen molar-refractivity contribution in [2.75, 3.05) is 11.9 Å². The van der Waals surface area contributed by atoms with Crippen molar-refractivity contribution in [3.05, 3.63) is 11.8 Å². The molecule has 2 atom stereocenters. The van der Waals surface area contributed by atoms with E-state index < -0.39 is 0 Å². The molecule has 0 radical (unpaired) electrons. The van der Waals surface area contributed by atoms with Gasteiger partial charge in [-0.2, -0.15) is 5.10 Å². The van der Waals surface area contributed by atoms with Gasteiger partial charge in [0.1, 0.15) is 6.10 Å². The maximum Gasteiger partial charge on any atom is 0.254 e. The highest BCUT2D eigenvalue weighted by Crippen LogP contribution is 2.21. The highest BCUT2D eigenvalue weighted by atomic mass is 16.5. The molecule has 2 heterocycles. The van der Waals surface area contributed by atoms with Crippen LogP contribution in [0.1, 0.15) is 26.0 Å². The van der Waals surface area contributed by atoms with Crippen molar-refractivity contribution in [2.45, 2.75) is 32.8 Å². The van der Waals surface area contributed by atoms with Crippen LogP contribution in [0.3, 0.4) is 0 Å². The normalized spacial score (nSPS) is 24.6. The van der Waals surface area contributed by atoms with E-state index in [1.54, 1.807) is 0 Å². The number of anilines is 1. The van der Waals surface area contributed by atoms with E-state index in [-0.39, 0.29) is 17.9 Å². The van der Waals surface area contributed by atoms with Crippen molar-refractivity contribution in [1.82, 2.24) is 10.2 Å². The Morgan fingerprint density at radius 1 is 1.75 bits per heavy atom. The molecule has 1 fully saturated rings. The number of aryl methyl sites for hydroxylation is 1. The van der Waals surface area contributed by atoms with Crippen molar-refractivity contribution < 1.29 is 9.53 Å². The summed E-state index contributed by atoms with van der Waals surface area (Å²) in [5, 5.41) is 9.63. The van der Waals surface area contributed by atoms with Crippen molar-refractivity contribution in [2.24, 2.45) is 5.92 Å². The monoisotopic (exact) mass is 223 g/mol. The second-order valence-electron chi connectivity index (χ2n) is 4.18. The Balaban J connectivity index is 1.96. The Labute approximate surface area is 94.6 Å². The molecule has 0 aliphatic carbocycles. The molecule has 0 aromatic carbocycles. The molecule has 1 aromatic heterocycles. The minimum absolute atomic E-state index is 0.0980. The Hall–Kier alpha value is -1.36. The number of nitrogens with one attached hydrogen (secondary N) is 2. The summed E-state index contributed by atoms with van der Waals surface area (Å²) in [5.41, 5.74) is 1.01. The molecule has 2 unspecified atom stereocenters. The van der Waals surface area contributed by atoms with Crippen LogP contribution in [0.4, 0.5) is 5.82 Å². The molecule has 1 saturated heterocycles. The quantitative estimate of drug-likeness (QED) is 0.812. The highest BCUT2D eigenvalue weighted by molar-refractivity contribution is 5.93. The molecule has 88 valence electrons. The number of carbonyl (C=O) groups excluding carboxylic acids is 1. The lowest BCUT2D eigenvalue weighted by Crippen LogP contribution is -2.31. The van der Waals surface area contributed by atoms with E-state index in [9.17, 15) is 4.79 Å². The summed E-state index contributed by atoms with van der Waals surface area (Å²) in [7, 11) is 0. The number of nitrogens with zero attached hydrogens (tertiary/aromatic N) is 1. The van der Waals surface area contributed by atoms with Crippen LogP contribution in [-0.2, 0) is 16.0 Å². The lowest BCUT2D eigenvalue weighted by molar-refractivity contribution is -0.126. The topological polar surface area (TPSA) is 67.0 Å². The Morgan fingerprint density at radius 3 is 3.12 bits per heavy atom. The van der Waals surface area contributed by atoms with E-state index in [4.69, 9.17) is 4.74 Å². The molecule has 0 spiro atoms. The van der Waals surface area contributed by atoms with Gasteiger partial charge < -0.3 is 10.1 Å². The van der Waals surface area contributed by atoms with Gasteiger partial charge in [0, 0.05) is 18.4 Å². The third-order valence-electron chi connectivity index (χ3n) is 2.91. The first-order chi connectivity index (χ1) is 7.70. The Kier molecular flexibility index (Phi) is 3.24. The van der Waals surface area contributed by atoms with Gasteiger partial charge >= 0.3 is 0 Å². The minimum Gasteiger partial charge on any atom is -0.368 e. The van der Waals surface area contributed by atoms with Crippen LogP contribution in [0.2, 0.25) is 0 Å². The first kappa shape index (κ1) is 11.1. The van der Waals surface area contributed by atoms with Gasteiger partial charge in [0.25, 0.3) is 5.91 Å². The van der Waals surface area contributed by atoms with E-state index >= 15 is 0 Å². The lowest BCUT2D eigenvalue weighted by atomic mass is 10.0.